The Kier molecular flexibility index (Phi) is 7.33. The molecule has 0 saturated carbocycles. The van der Waals surface area contributed by atoms with E-state index in [0.29, 0.717) is 22.8 Å². The minimum Gasteiger partial charge on any atom is -0.494 e. The third-order valence-electron chi connectivity index (χ3n) is 6.01. The van der Waals surface area contributed by atoms with Crippen molar-refractivity contribution in [2.75, 3.05) is 7.11 Å². The molecule has 4 aromatic carbocycles. The van der Waals surface area contributed by atoms with Crippen LogP contribution in [0.5, 0.6) is 28.7 Å². The van der Waals surface area contributed by atoms with Crippen LogP contribution in [0.15, 0.2) is 96.4 Å². The predicted octanol–water partition coefficient (Wildman–Crippen LogP) is 7.23. The molecule has 0 fully saturated rings. The molecule has 0 spiro atoms. The number of carbonyl (C=O) groups excluding carboxylic acids is 1. The van der Waals surface area contributed by atoms with Gasteiger partial charge in [0.2, 0.25) is 5.88 Å². The summed E-state index contributed by atoms with van der Waals surface area (Å²) in [4.78, 5) is 12.8. The van der Waals surface area contributed by atoms with E-state index in [1.165, 1.54) is 25.3 Å². The van der Waals surface area contributed by atoms with E-state index in [0.717, 1.165) is 5.56 Å². The predicted molar refractivity (Wildman–Crippen MR) is 147 cm³/mol. The molecule has 1 unspecified atom stereocenters. The van der Waals surface area contributed by atoms with Crippen molar-refractivity contribution in [1.29, 1.82) is 5.26 Å². The Morgan fingerprint density at radius 2 is 1.64 bits per heavy atom. The second kappa shape index (κ2) is 11.0. The van der Waals surface area contributed by atoms with Gasteiger partial charge in [0, 0.05) is 11.6 Å². The summed E-state index contributed by atoms with van der Waals surface area (Å²) in [5, 5.41) is 10.3. The van der Waals surface area contributed by atoms with E-state index in [2.05, 4.69) is 6.07 Å². The van der Waals surface area contributed by atoms with Gasteiger partial charge in [-0.1, -0.05) is 59.6 Å². The molecule has 194 valence electrons. The fraction of sp³-hybridized carbons (Fsp3) is 0.0667. The summed E-state index contributed by atoms with van der Waals surface area (Å²) in [5.41, 5.74) is 8.00. The van der Waals surface area contributed by atoms with Gasteiger partial charge in [-0.3, -0.25) is 0 Å². The van der Waals surface area contributed by atoms with Crippen molar-refractivity contribution < 1.29 is 23.7 Å². The topological polar surface area (TPSA) is 104 Å². The van der Waals surface area contributed by atoms with Gasteiger partial charge in [0.15, 0.2) is 5.75 Å². The number of halogens is 2. The van der Waals surface area contributed by atoms with Crippen LogP contribution >= 0.6 is 23.2 Å². The second-order valence-corrected chi connectivity index (χ2v) is 9.29. The lowest BCUT2D eigenvalue weighted by atomic mass is 9.83. The third kappa shape index (κ3) is 5.34. The number of methoxy groups -OCH3 is 1. The fourth-order valence-electron chi connectivity index (χ4n) is 4.26. The van der Waals surface area contributed by atoms with Crippen LogP contribution in [0.25, 0.3) is 0 Å². The largest absolute Gasteiger partial charge is 0.494 e. The van der Waals surface area contributed by atoms with Crippen LogP contribution in [-0.4, -0.2) is 13.1 Å². The maximum absolute atomic E-state index is 12.8. The highest BCUT2D eigenvalue weighted by molar-refractivity contribution is 6.37. The lowest BCUT2D eigenvalue weighted by molar-refractivity contribution is 0.0734. The van der Waals surface area contributed by atoms with Gasteiger partial charge >= 0.3 is 5.97 Å². The van der Waals surface area contributed by atoms with Crippen molar-refractivity contribution >= 4 is 29.2 Å². The molecular formula is C30H20Cl2N2O5. The molecule has 0 aliphatic carbocycles. The molecule has 5 rings (SSSR count). The quantitative estimate of drug-likeness (QED) is 0.196. The van der Waals surface area contributed by atoms with Crippen LogP contribution in [0.1, 0.15) is 27.4 Å². The fourth-order valence-corrected chi connectivity index (χ4v) is 4.90. The highest BCUT2D eigenvalue weighted by atomic mass is 35.5. The Morgan fingerprint density at radius 3 is 2.33 bits per heavy atom. The molecule has 0 bridgehead atoms. The number of fused-ring (bicyclic) bond motifs is 1. The molecule has 9 heteroatoms. The first-order valence-corrected chi connectivity index (χ1v) is 12.4. The molecular weight excluding hydrogens is 539 g/mol. The number of carbonyl (C=O) groups is 1. The van der Waals surface area contributed by atoms with Crippen LogP contribution < -0.4 is 24.7 Å². The van der Waals surface area contributed by atoms with Crippen LogP contribution in [0.2, 0.25) is 10.0 Å². The first-order valence-electron chi connectivity index (χ1n) is 11.7. The second-order valence-electron chi connectivity index (χ2n) is 8.47. The zero-order valence-corrected chi connectivity index (χ0v) is 22.0. The minimum atomic E-state index is -0.680. The Bertz CT molecular complexity index is 1620. The van der Waals surface area contributed by atoms with Gasteiger partial charge in [0.1, 0.15) is 34.6 Å². The average molecular weight is 559 g/mol. The number of para-hydroxylation sites is 1. The molecule has 0 saturated heterocycles. The number of allylic oxidation sites excluding steroid dienone is 1. The smallest absolute Gasteiger partial charge is 0.343 e. The van der Waals surface area contributed by atoms with Crippen molar-refractivity contribution in [3.63, 3.8) is 0 Å². The van der Waals surface area contributed by atoms with Crippen LogP contribution in [0, 0.1) is 11.3 Å². The average Bonchev–Trinajstić information content (AvgIpc) is 2.92. The Balaban J connectivity index is 1.45. The van der Waals surface area contributed by atoms with E-state index in [9.17, 15) is 10.1 Å². The number of rotatable bonds is 6. The van der Waals surface area contributed by atoms with Gasteiger partial charge in [0.05, 0.1) is 28.6 Å². The molecule has 4 aromatic rings. The number of nitriles is 1. The molecule has 1 atom stereocenters. The summed E-state index contributed by atoms with van der Waals surface area (Å²) in [6, 6.07) is 26.6. The molecule has 0 aromatic heterocycles. The van der Waals surface area contributed by atoms with Crippen LogP contribution in [0.3, 0.4) is 0 Å². The van der Waals surface area contributed by atoms with Gasteiger partial charge in [-0.25, -0.2) is 4.79 Å². The van der Waals surface area contributed by atoms with Crippen molar-refractivity contribution in [3.05, 3.63) is 123 Å². The summed E-state index contributed by atoms with van der Waals surface area (Å²) in [7, 11) is 1.43. The number of nitrogens with two attached hydrogens (primary N) is 1. The lowest BCUT2D eigenvalue weighted by Crippen LogP contribution is -2.21. The number of hydrogen-bond acceptors (Lipinski definition) is 7. The summed E-state index contributed by atoms with van der Waals surface area (Å²) < 4.78 is 22.4. The molecule has 39 heavy (non-hydrogen) atoms. The highest BCUT2D eigenvalue weighted by Crippen LogP contribution is 2.44. The van der Waals surface area contributed by atoms with E-state index in [-0.39, 0.29) is 38.6 Å². The minimum absolute atomic E-state index is 0.0402. The van der Waals surface area contributed by atoms with Crippen LogP contribution in [0.4, 0.5) is 0 Å². The Morgan fingerprint density at radius 1 is 0.923 bits per heavy atom. The standard InChI is InChI=1S/C30H20Cl2N2O5/c1-36-28-24(31)13-18(14-25(28)32)30(35)38-21-10-11-22-26(15-21)39-29(34)23(16-33)27(22)17-6-5-9-20(12-17)37-19-7-3-2-4-8-19/h2-15,27H,34H2,1H3. The maximum atomic E-state index is 12.8. The van der Waals surface area contributed by atoms with E-state index in [1.807, 2.05) is 54.6 Å². The van der Waals surface area contributed by atoms with Crippen molar-refractivity contribution in [1.82, 2.24) is 0 Å². The molecule has 0 amide bonds. The molecule has 1 aliphatic rings. The number of nitrogens with zero attached hydrogens (tertiary/aromatic N) is 1. The van der Waals surface area contributed by atoms with Gasteiger partial charge in [-0.05, 0) is 48.0 Å². The molecule has 0 radical (unpaired) electrons. The van der Waals surface area contributed by atoms with Gasteiger partial charge in [-0.2, -0.15) is 5.26 Å². The normalized spacial score (nSPS) is 14.1. The van der Waals surface area contributed by atoms with Crippen LogP contribution in [-0.2, 0) is 0 Å². The Hall–Kier alpha value is -4.64. The number of hydrogen-bond donors (Lipinski definition) is 1. The number of esters is 1. The zero-order chi connectivity index (χ0) is 27.5. The van der Waals surface area contributed by atoms with Gasteiger partial charge < -0.3 is 24.7 Å². The molecule has 2 N–H and O–H groups in total. The number of ether oxygens (including phenoxy) is 4. The monoisotopic (exact) mass is 558 g/mol. The zero-order valence-electron chi connectivity index (χ0n) is 20.5. The molecule has 7 nitrogen and oxygen atoms in total. The Labute approximate surface area is 234 Å². The summed E-state index contributed by atoms with van der Waals surface area (Å²) in [6.07, 6.45) is 0. The highest BCUT2D eigenvalue weighted by Gasteiger charge is 2.31. The molecule has 1 aliphatic heterocycles. The van der Waals surface area contributed by atoms with E-state index in [4.69, 9.17) is 47.9 Å². The summed E-state index contributed by atoms with van der Waals surface area (Å²) >= 11 is 12.3. The van der Waals surface area contributed by atoms with E-state index < -0.39 is 11.9 Å². The van der Waals surface area contributed by atoms with E-state index >= 15 is 0 Å². The summed E-state index contributed by atoms with van der Waals surface area (Å²) in [5.74, 6) is 0.853. The van der Waals surface area contributed by atoms with Crippen molar-refractivity contribution in [3.8, 4) is 34.8 Å². The summed E-state index contributed by atoms with van der Waals surface area (Å²) in [6.45, 7) is 0. The van der Waals surface area contributed by atoms with Gasteiger partial charge in [0.25, 0.3) is 0 Å². The van der Waals surface area contributed by atoms with Crippen molar-refractivity contribution in [2.24, 2.45) is 5.73 Å². The maximum Gasteiger partial charge on any atom is 0.343 e. The van der Waals surface area contributed by atoms with Gasteiger partial charge in [-0.15, -0.1) is 0 Å². The SMILES string of the molecule is COc1c(Cl)cc(C(=O)Oc2ccc3c(c2)OC(N)=C(C#N)C3c2cccc(Oc3ccccc3)c2)cc1Cl. The molecule has 1 heterocycles. The van der Waals surface area contributed by atoms with Crippen molar-refractivity contribution in [2.45, 2.75) is 5.92 Å². The first-order chi connectivity index (χ1) is 18.9. The first kappa shape index (κ1) is 26.0. The van der Waals surface area contributed by atoms with E-state index in [1.54, 1.807) is 12.1 Å². The number of benzene rings is 4. The third-order valence-corrected chi connectivity index (χ3v) is 6.57. The lowest BCUT2D eigenvalue weighted by Gasteiger charge is -2.27.